The number of ether oxygens (including phenoxy) is 2. The third-order valence-electron chi connectivity index (χ3n) is 2.27. The molecule has 1 rings (SSSR count). The molecule has 0 spiro atoms. The number of rotatable bonds is 7. The Labute approximate surface area is 109 Å². The number of ketones is 2. The number of carbonyl (C=O) groups excluding carboxylic acids is 3. The average Bonchev–Trinajstić information content (AvgIpc) is 2.44. The van der Waals surface area contributed by atoms with E-state index in [9.17, 15) is 14.4 Å². The van der Waals surface area contributed by atoms with Gasteiger partial charge in [-0.2, -0.15) is 0 Å². The van der Waals surface area contributed by atoms with Crippen molar-refractivity contribution in [2.24, 2.45) is 0 Å². The summed E-state index contributed by atoms with van der Waals surface area (Å²) < 4.78 is 9.35. The van der Waals surface area contributed by atoms with Gasteiger partial charge in [0.2, 0.25) is 5.78 Å². The minimum atomic E-state index is -1.03. The molecule has 1 N–H and O–H groups in total. The van der Waals surface area contributed by atoms with Gasteiger partial charge in [0.15, 0.2) is 5.78 Å². The topological polar surface area (TPSA) is 89.9 Å². The van der Waals surface area contributed by atoms with Crippen LogP contribution in [-0.2, 0) is 14.3 Å². The fourth-order valence-electron chi connectivity index (χ4n) is 1.33. The molecule has 0 bridgehead atoms. The molecule has 0 aliphatic rings. The first-order chi connectivity index (χ1) is 9.08. The SMILES string of the molecule is COC(=O)C(=O)CC(=O)c1ccc(OCCO)cc1. The zero-order valence-corrected chi connectivity index (χ0v) is 10.4. The van der Waals surface area contributed by atoms with Crippen molar-refractivity contribution < 1.29 is 29.0 Å². The molecule has 0 atom stereocenters. The zero-order valence-electron chi connectivity index (χ0n) is 10.4. The molecule has 6 heteroatoms. The van der Waals surface area contributed by atoms with Crippen LogP contribution in [0.4, 0.5) is 0 Å². The predicted octanol–water partition coefficient (Wildman–Crippen LogP) is 0.373. The third kappa shape index (κ3) is 4.51. The van der Waals surface area contributed by atoms with Crippen LogP contribution in [0.3, 0.4) is 0 Å². The van der Waals surface area contributed by atoms with E-state index in [0.29, 0.717) is 11.3 Å². The molecule has 0 unspecified atom stereocenters. The van der Waals surface area contributed by atoms with Gasteiger partial charge in [-0.05, 0) is 24.3 Å². The van der Waals surface area contributed by atoms with E-state index < -0.39 is 24.0 Å². The summed E-state index contributed by atoms with van der Waals surface area (Å²) in [4.78, 5) is 33.8. The lowest BCUT2D eigenvalue weighted by Crippen LogP contribution is -2.19. The first-order valence-corrected chi connectivity index (χ1v) is 5.56. The van der Waals surface area contributed by atoms with Crippen LogP contribution in [0, 0.1) is 0 Å². The molecule has 0 radical (unpaired) electrons. The van der Waals surface area contributed by atoms with E-state index in [1.807, 2.05) is 0 Å². The highest BCUT2D eigenvalue weighted by Crippen LogP contribution is 2.13. The van der Waals surface area contributed by atoms with E-state index in [1.54, 1.807) is 12.1 Å². The van der Waals surface area contributed by atoms with Crippen molar-refractivity contribution in [3.05, 3.63) is 29.8 Å². The van der Waals surface area contributed by atoms with Gasteiger partial charge in [0.1, 0.15) is 12.4 Å². The Morgan fingerprint density at radius 2 is 1.79 bits per heavy atom. The lowest BCUT2D eigenvalue weighted by atomic mass is 10.1. The van der Waals surface area contributed by atoms with Gasteiger partial charge in [0.05, 0.1) is 20.1 Å². The number of aliphatic hydroxyl groups excluding tert-OH is 1. The number of carbonyl (C=O) groups is 3. The van der Waals surface area contributed by atoms with Crippen molar-refractivity contribution in [3.63, 3.8) is 0 Å². The van der Waals surface area contributed by atoms with Gasteiger partial charge in [0, 0.05) is 5.56 Å². The Morgan fingerprint density at radius 1 is 1.16 bits per heavy atom. The van der Waals surface area contributed by atoms with E-state index >= 15 is 0 Å². The molecule has 102 valence electrons. The molecular formula is C13H14O6. The summed E-state index contributed by atoms with van der Waals surface area (Å²) in [5, 5.41) is 8.58. The van der Waals surface area contributed by atoms with Gasteiger partial charge in [-0.3, -0.25) is 9.59 Å². The smallest absolute Gasteiger partial charge is 0.374 e. The maximum Gasteiger partial charge on any atom is 0.374 e. The summed E-state index contributed by atoms with van der Waals surface area (Å²) in [7, 11) is 1.08. The van der Waals surface area contributed by atoms with Crippen LogP contribution in [0.5, 0.6) is 5.75 Å². The maximum absolute atomic E-state index is 11.7. The summed E-state index contributed by atoms with van der Waals surface area (Å²) in [5.74, 6) is -1.88. The van der Waals surface area contributed by atoms with Crippen molar-refractivity contribution in [1.82, 2.24) is 0 Å². The molecule has 0 aliphatic carbocycles. The number of hydrogen-bond donors (Lipinski definition) is 1. The van der Waals surface area contributed by atoms with Gasteiger partial charge in [0.25, 0.3) is 0 Å². The predicted molar refractivity (Wildman–Crippen MR) is 65.0 cm³/mol. The number of methoxy groups -OCH3 is 1. The molecular weight excluding hydrogens is 252 g/mol. The van der Waals surface area contributed by atoms with E-state index in [-0.39, 0.29) is 13.2 Å². The van der Waals surface area contributed by atoms with Crippen molar-refractivity contribution in [1.29, 1.82) is 0 Å². The van der Waals surface area contributed by atoms with Crippen LogP contribution in [0.15, 0.2) is 24.3 Å². The molecule has 6 nitrogen and oxygen atoms in total. The molecule has 0 fully saturated rings. The first kappa shape index (κ1) is 14.8. The molecule has 0 amide bonds. The molecule has 0 aliphatic heterocycles. The fourth-order valence-corrected chi connectivity index (χ4v) is 1.33. The van der Waals surface area contributed by atoms with Crippen LogP contribution in [-0.4, -0.2) is 43.0 Å². The highest BCUT2D eigenvalue weighted by atomic mass is 16.5. The summed E-state index contributed by atoms with van der Waals surface area (Å²) in [5.41, 5.74) is 0.300. The molecule has 19 heavy (non-hydrogen) atoms. The number of benzene rings is 1. The maximum atomic E-state index is 11.7. The van der Waals surface area contributed by atoms with Gasteiger partial charge in [-0.15, -0.1) is 0 Å². The van der Waals surface area contributed by atoms with Gasteiger partial charge < -0.3 is 14.6 Å². The molecule has 0 saturated carbocycles. The fraction of sp³-hybridized carbons (Fsp3) is 0.308. The van der Waals surface area contributed by atoms with E-state index in [1.165, 1.54) is 12.1 Å². The second kappa shape index (κ2) is 7.27. The molecule has 0 heterocycles. The van der Waals surface area contributed by atoms with Crippen LogP contribution in [0.25, 0.3) is 0 Å². The quantitative estimate of drug-likeness (QED) is 0.332. The van der Waals surface area contributed by atoms with Gasteiger partial charge in [-0.25, -0.2) is 4.79 Å². The largest absolute Gasteiger partial charge is 0.491 e. The van der Waals surface area contributed by atoms with Crippen LogP contribution in [0.2, 0.25) is 0 Å². The molecule has 0 saturated heterocycles. The Balaban J connectivity index is 2.62. The Morgan fingerprint density at radius 3 is 2.32 bits per heavy atom. The van der Waals surface area contributed by atoms with Crippen molar-refractivity contribution >= 4 is 17.5 Å². The highest BCUT2D eigenvalue weighted by Gasteiger charge is 2.19. The van der Waals surface area contributed by atoms with Crippen LogP contribution >= 0.6 is 0 Å². The standard InChI is InChI=1S/C13H14O6/c1-18-13(17)12(16)8-11(15)9-2-4-10(5-3-9)19-7-6-14/h2-5,14H,6-8H2,1H3. The van der Waals surface area contributed by atoms with Crippen LogP contribution < -0.4 is 4.74 Å². The molecule has 1 aromatic rings. The summed E-state index contributed by atoms with van der Waals surface area (Å²) >= 11 is 0. The van der Waals surface area contributed by atoms with E-state index in [4.69, 9.17) is 9.84 Å². The second-order valence-corrected chi connectivity index (χ2v) is 3.61. The molecule has 0 aromatic heterocycles. The number of hydrogen-bond acceptors (Lipinski definition) is 6. The van der Waals surface area contributed by atoms with Crippen LogP contribution in [0.1, 0.15) is 16.8 Å². The lowest BCUT2D eigenvalue weighted by Gasteiger charge is -2.05. The normalized spacial score (nSPS) is 9.79. The minimum absolute atomic E-state index is 0.103. The summed E-state index contributed by atoms with van der Waals surface area (Å²) in [6.45, 7) is 0.0580. The third-order valence-corrected chi connectivity index (χ3v) is 2.27. The second-order valence-electron chi connectivity index (χ2n) is 3.61. The lowest BCUT2D eigenvalue weighted by molar-refractivity contribution is -0.151. The van der Waals surface area contributed by atoms with E-state index in [0.717, 1.165) is 7.11 Å². The number of Topliss-reactive ketones (excluding diaryl/α,β-unsaturated/α-hetero) is 2. The van der Waals surface area contributed by atoms with E-state index in [2.05, 4.69) is 4.74 Å². The highest BCUT2D eigenvalue weighted by molar-refractivity contribution is 6.38. The monoisotopic (exact) mass is 266 g/mol. The molecule has 1 aromatic carbocycles. The summed E-state index contributed by atoms with van der Waals surface area (Å²) in [6, 6.07) is 6.07. The van der Waals surface area contributed by atoms with Crippen molar-refractivity contribution in [2.75, 3.05) is 20.3 Å². The summed E-state index contributed by atoms with van der Waals surface area (Å²) in [6.07, 6.45) is -0.524. The van der Waals surface area contributed by atoms with Crippen molar-refractivity contribution in [2.45, 2.75) is 6.42 Å². The van der Waals surface area contributed by atoms with Crippen molar-refractivity contribution in [3.8, 4) is 5.75 Å². The average molecular weight is 266 g/mol. The Hall–Kier alpha value is -2.21. The Bertz CT molecular complexity index is 463. The van der Waals surface area contributed by atoms with Gasteiger partial charge >= 0.3 is 5.97 Å². The number of aliphatic hydroxyl groups is 1. The first-order valence-electron chi connectivity index (χ1n) is 5.56. The Kier molecular flexibility index (Phi) is 5.69. The zero-order chi connectivity index (χ0) is 14.3. The van der Waals surface area contributed by atoms with Gasteiger partial charge in [-0.1, -0.05) is 0 Å². The minimum Gasteiger partial charge on any atom is -0.491 e. The number of esters is 1.